The summed E-state index contributed by atoms with van der Waals surface area (Å²) in [6, 6.07) is 13.9. The topological polar surface area (TPSA) is 119 Å². The summed E-state index contributed by atoms with van der Waals surface area (Å²) in [4.78, 5) is 37.6. The number of aryl methyl sites for hydroxylation is 1. The Hall–Kier alpha value is -3.94. The zero-order chi connectivity index (χ0) is 27.1. The van der Waals surface area contributed by atoms with Crippen molar-refractivity contribution in [2.75, 3.05) is 0 Å². The van der Waals surface area contributed by atoms with E-state index in [-0.39, 0.29) is 17.9 Å². The average Bonchev–Trinajstić information content (AvgIpc) is 3.42. The monoisotopic (exact) mass is 515 g/mol. The number of carbonyl (C=O) groups excluding carboxylic acids is 3. The van der Waals surface area contributed by atoms with E-state index in [4.69, 9.17) is 5.73 Å². The quantitative estimate of drug-likeness (QED) is 0.365. The van der Waals surface area contributed by atoms with E-state index in [9.17, 15) is 14.4 Å². The number of aromatic nitrogens is 2. The van der Waals surface area contributed by atoms with Gasteiger partial charge in [-0.05, 0) is 61.9 Å². The third-order valence-electron chi connectivity index (χ3n) is 7.46. The minimum Gasteiger partial charge on any atom is -0.368 e. The smallest absolute Gasteiger partial charge is 0.254 e. The van der Waals surface area contributed by atoms with Crippen molar-refractivity contribution in [3.05, 3.63) is 83.2 Å². The predicted octanol–water partition coefficient (Wildman–Crippen LogP) is 4.62. The van der Waals surface area contributed by atoms with Crippen molar-refractivity contribution < 1.29 is 14.4 Å². The maximum Gasteiger partial charge on any atom is 0.254 e. The van der Waals surface area contributed by atoms with Crippen molar-refractivity contribution in [1.82, 2.24) is 20.4 Å². The first-order valence-electron chi connectivity index (χ1n) is 13.4. The molecule has 4 rings (SSSR count). The van der Waals surface area contributed by atoms with Gasteiger partial charge in [0.1, 0.15) is 6.04 Å². The van der Waals surface area contributed by atoms with Crippen molar-refractivity contribution in [1.29, 1.82) is 0 Å². The summed E-state index contributed by atoms with van der Waals surface area (Å²) in [7, 11) is 0. The number of amides is 3. The number of nitrogens with two attached hydrogens (primary N) is 1. The van der Waals surface area contributed by atoms with E-state index in [1.807, 2.05) is 38.1 Å². The van der Waals surface area contributed by atoms with Gasteiger partial charge in [-0.3, -0.25) is 14.4 Å². The highest BCUT2D eigenvalue weighted by molar-refractivity contribution is 5.97. The van der Waals surface area contributed by atoms with Crippen LogP contribution in [0.5, 0.6) is 0 Å². The Bertz CT molecular complexity index is 1260. The van der Waals surface area contributed by atoms with Gasteiger partial charge in [0.2, 0.25) is 5.91 Å². The lowest BCUT2D eigenvalue weighted by molar-refractivity contribution is -0.120. The number of hydrogen-bond acceptors (Lipinski definition) is 4. The van der Waals surface area contributed by atoms with Crippen molar-refractivity contribution in [2.24, 2.45) is 11.7 Å². The maximum absolute atomic E-state index is 12.8. The van der Waals surface area contributed by atoms with Crippen molar-refractivity contribution >= 4 is 17.7 Å². The van der Waals surface area contributed by atoms with Gasteiger partial charge in [-0.25, -0.2) is 4.68 Å². The molecular formula is C30H37N5O3. The van der Waals surface area contributed by atoms with E-state index in [1.165, 1.54) is 32.1 Å². The number of hydrogen-bond donors (Lipinski definition) is 3. The van der Waals surface area contributed by atoms with E-state index in [0.717, 1.165) is 23.2 Å². The molecule has 1 aliphatic carbocycles. The molecule has 2 atom stereocenters. The standard InChI is InChI=1S/C30H37N5O3/c1-20-8-6-7-11-27(20)35-19-25(18-32-35)30(38)33-21(2)23-13-15-24(16-14-23)29(37)34-26(28(31)36)17-12-22-9-4-3-5-10-22/h6-8,11,13-16,18-19,21-22,26H,3-5,9-10,12,17H2,1-2H3,(H2,31,36)(H,33,38)(H,34,37)/t21?,26-/m0/s1. The summed E-state index contributed by atoms with van der Waals surface area (Å²) in [6.45, 7) is 3.88. The van der Waals surface area contributed by atoms with Crippen LogP contribution < -0.4 is 16.4 Å². The van der Waals surface area contributed by atoms with Gasteiger partial charge < -0.3 is 16.4 Å². The molecule has 0 aliphatic heterocycles. The van der Waals surface area contributed by atoms with Gasteiger partial charge in [-0.2, -0.15) is 5.10 Å². The van der Waals surface area contributed by atoms with Crippen LogP contribution in [0.4, 0.5) is 0 Å². The minimum atomic E-state index is -0.678. The molecule has 8 heteroatoms. The van der Waals surface area contributed by atoms with Gasteiger partial charge in [-0.15, -0.1) is 0 Å². The van der Waals surface area contributed by atoms with Crippen LogP contribution in [0.15, 0.2) is 60.9 Å². The molecule has 1 heterocycles. The van der Waals surface area contributed by atoms with Crippen LogP contribution in [-0.2, 0) is 4.79 Å². The Labute approximate surface area is 224 Å². The van der Waals surface area contributed by atoms with Crippen LogP contribution in [0.25, 0.3) is 5.69 Å². The number of carbonyl (C=O) groups is 3. The van der Waals surface area contributed by atoms with Gasteiger partial charge >= 0.3 is 0 Å². The molecule has 1 aliphatic rings. The number of para-hydroxylation sites is 1. The van der Waals surface area contributed by atoms with Gasteiger partial charge in [0.15, 0.2) is 0 Å². The van der Waals surface area contributed by atoms with E-state index in [0.29, 0.717) is 23.5 Å². The molecule has 0 saturated heterocycles. The lowest BCUT2D eigenvalue weighted by atomic mass is 9.85. The Morgan fingerprint density at radius 2 is 1.66 bits per heavy atom. The fourth-order valence-corrected chi connectivity index (χ4v) is 5.08. The number of nitrogens with zero attached hydrogens (tertiary/aromatic N) is 2. The van der Waals surface area contributed by atoms with Crippen LogP contribution in [0.2, 0.25) is 0 Å². The molecule has 0 spiro atoms. The average molecular weight is 516 g/mol. The third kappa shape index (κ3) is 6.88. The molecule has 200 valence electrons. The third-order valence-corrected chi connectivity index (χ3v) is 7.46. The summed E-state index contributed by atoms with van der Waals surface area (Å²) in [6.07, 6.45) is 10.8. The summed E-state index contributed by atoms with van der Waals surface area (Å²) >= 11 is 0. The van der Waals surface area contributed by atoms with Gasteiger partial charge in [-0.1, -0.05) is 62.4 Å². The van der Waals surface area contributed by atoms with E-state index >= 15 is 0 Å². The van der Waals surface area contributed by atoms with Crippen LogP contribution in [0.1, 0.15) is 89.8 Å². The van der Waals surface area contributed by atoms with Crippen LogP contribution in [0, 0.1) is 12.8 Å². The Morgan fingerprint density at radius 3 is 2.34 bits per heavy atom. The van der Waals surface area contributed by atoms with Crippen molar-refractivity contribution in [2.45, 2.75) is 70.9 Å². The first kappa shape index (κ1) is 27.1. The maximum atomic E-state index is 12.8. The van der Waals surface area contributed by atoms with E-state index in [2.05, 4.69) is 15.7 Å². The number of rotatable bonds is 10. The summed E-state index contributed by atoms with van der Waals surface area (Å²) < 4.78 is 1.69. The number of primary amides is 1. The SMILES string of the molecule is Cc1ccccc1-n1cc(C(=O)NC(C)c2ccc(C(=O)N[C@@H](CCC3CCCCC3)C(N)=O)cc2)cn1. The van der Waals surface area contributed by atoms with E-state index in [1.54, 1.807) is 41.3 Å². The molecule has 0 radical (unpaired) electrons. The lowest BCUT2D eigenvalue weighted by Crippen LogP contribution is -2.44. The number of benzene rings is 2. The van der Waals surface area contributed by atoms with Gasteiger partial charge in [0, 0.05) is 11.8 Å². The molecule has 1 aromatic heterocycles. The summed E-state index contributed by atoms with van der Waals surface area (Å²) in [5.74, 6) is -0.464. The molecule has 8 nitrogen and oxygen atoms in total. The highest BCUT2D eigenvalue weighted by Crippen LogP contribution is 2.27. The second kappa shape index (κ2) is 12.5. The van der Waals surface area contributed by atoms with Crippen molar-refractivity contribution in [3.63, 3.8) is 0 Å². The zero-order valence-electron chi connectivity index (χ0n) is 22.2. The zero-order valence-corrected chi connectivity index (χ0v) is 22.2. The molecule has 1 saturated carbocycles. The van der Waals surface area contributed by atoms with Crippen LogP contribution >= 0.6 is 0 Å². The Balaban J connectivity index is 1.32. The van der Waals surface area contributed by atoms with Gasteiger partial charge in [0.05, 0.1) is 23.5 Å². The Morgan fingerprint density at radius 1 is 0.974 bits per heavy atom. The first-order valence-corrected chi connectivity index (χ1v) is 13.4. The normalized spacial score (nSPS) is 15.4. The second-order valence-electron chi connectivity index (χ2n) is 10.3. The molecule has 3 amide bonds. The van der Waals surface area contributed by atoms with Crippen LogP contribution in [0.3, 0.4) is 0 Å². The Kier molecular flexibility index (Phi) is 8.94. The summed E-state index contributed by atoms with van der Waals surface area (Å²) in [5, 5.41) is 10.1. The molecule has 38 heavy (non-hydrogen) atoms. The van der Waals surface area contributed by atoms with Gasteiger partial charge in [0.25, 0.3) is 11.8 Å². The molecule has 3 aromatic rings. The molecule has 4 N–H and O–H groups in total. The van der Waals surface area contributed by atoms with Crippen molar-refractivity contribution in [3.8, 4) is 5.69 Å². The fraction of sp³-hybridized carbons (Fsp3) is 0.400. The highest BCUT2D eigenvalue weighted by atomic mass is 16.2. The fourth-order valence-electron chi connectivity index (χ4n) is 5.08. The lowest BCUT2D eigenvalue weighted by Gasteiger charge is -2.23. The first-order chi connectivity index (χ1) is 18.3. The minimum absolute atomic E-state index is 0.235. The predicted molar refractivity (Wildman–Crippen MR) is 147 cm³/mol. The molecule has 1 unspecified atom stereocenters. The summed E-state index contributed by atoms with van der Waals surface area (Å²) in [5.41, 5.74) is 9.31. The molecule has 2 aromatic carbocycles. The van der Waals surface area contributed by atoms with Crippen LogP contribution in [-0.4, -0.2) is 33.5 Å². The molecular weight excluding hydrogens is 478 g/mol. The number of nitrogens with one attached hydrogen (secondary N) is 2. The molecule has 0 bridgehead atoms. The highest BCUT2D eigenvalue weighted by Gasteiger charge is 2.22. The molecule has 1 fully saturated rings. The largest absolute Gasteiger partial charge is 0.368 e. The second-order valence-corrected chi connectivity index (χ2v) is 10.3. The van der Waals surface area contributed by atoms with E-state index < -0.39 is 11.9 Å².